The van der Waals surface area contributed by atoms with Crippen LogP contribution in [-0.4, -0.2) is 21.1 Å². The molecule has 4 rings (SSSR count). The Morgan fingerprint density at radius 3 is 2.91 bits per heavy atom. The Bertz CT molecular complexity index is 916. The summed E-state index contributed by atoms with van der Waals surface area (Å²) < 4.78 is 15.1. The molecule has 1 aromatic carbocycles. The van der Waals surface area contributed by atoms with Crippen molar-refractivity contribution in [2.45, 2.75) is 25.7 Å². The third-order valence-corrected chi connectivity index (χ3v) is 4.73. The summed E-state index contributed by atoms with van der Waals surface area (Å²) in [7, 11) is 0. The van der Waals surface area contributed by atoms with Crippen molar-refractivity contribution < 1.29 is 4.39 Å². The number of anilines is 1. The number of nitrogens with one attached hydrogen (secondary N) is 1. The van der Waals surface area contributed by atoms with Gasteiger partial charge in [0.25, 0.3) is 0 Å². The van der Waals surface area contributed by atoms with E-state index in [1.54, 1.807) is 12.4 Å². The fraction of sp³-hybridized carbons (Fsp3) is 0.294. The van der Waals surface area contributed by atoms with E-state index in [1.165, 1.54) is 12.1 Å². The summed E-state index contributed by atoms with van der Waals surface area (Å²) in [5.74, 6) is -0.330. The fourth-order valence-electron chi connectivity index (χ4n) is 3.23. The molecule has 6 heteroatoms. The minimum Gasteiger partial charge on any atom is -0.383 e. The van der Waals surface area contributed by atoms with Crippen LogP contribution in [0.25, 0.3) is 5.65 Å². The van der Waals surface area contributed by atoms with Crippen LogP contribution in [-0.2, 0) is 11.8 Å². The van der Waals surface area contributed by atoms with Gasteiger partial charge in [-0.2, -0.15) is 5.10 Å². The number of hydrogen-bond acceptors (Lipinski definition) is 3. The summed E-state index contributed by atoms with van der Waals surface area (Å²) in [6, 6.07) is 6.59. The van der Waals surface area contributed by atoms with Crippen molar-refractivity contribution in [2.24, 2.45) is 0 Å². The number of hydrogen-bond donors (Lipinski definition) is 1. The Morgan fingerprint density at radius 2 is 2.13 bits per heavy atom. The maximum atomic E-state index is 13.2. The van der Waals surface area contributed by atoms with Gasteiger partial charge in [-0.05, 0) is 23.8 Å². The Balaban J connectivity index is 1.86. The van der Waals surface area contributed by atoms with Crippen LogP contribution in [0, 0.1) is 5.82 Å². The van der Waals surface area contributed by atoms with Gasteiger partial charge in [-0.1, -0.05) is 31.5 Å². The minimum atomic E-state index is -0.330. The third kappa shape index (κ3) is 2.27. The molecular weight excluding hydrogens is 315 g/mol. The second-order valence-electron chi connectivity index (χ2n) is 6.58. The number of aromatic nitrogens is 3. The molecule has 118 valence electrons. The highest BCUT2D eigenvalue weighted by molar-refractivity contribution is 6.31. The van der Waals surface area contributed by atoms with Gasteiger partial charge in [0.2, 0.25) is 0 Å². The van der Waals surface area contributed by atoms with Crippen LogP contribution in [0.4, 0.5) is 10.1 Å². The Morgan fingerprint density at radius 1 is 1.30 bits per heavy atom. The zero-order valence-electron chi connectivity index (χ0n) is 12.9. The molecule has 1 aliphatic heterocycles. The molecule has 4 nitrogen and oxygen atoms in total. The summed E-state index contributed by atoms with van der Waals surface area (Å²) in [5, 5.41) is 8.27. The number of benzene rings is 1. The van der Waals surface area contributed by atoms with Crippen molar-refractivity contribution in [3.8, 4) is 0 Å². The maximum Gasteiger partial charge on any atom is 0.159 e. The lowest BCUT2D eigenvalue weighted by atomic mass is 9.90. The largest absolute Gasteiger partial charge is 0.383 e. The first-order valence-corrected chi connectivity index (χ1v) is 7.87. The van der Waals surface area contributed by atoms with Crippen LogP contribution in [0.3, 0.4) is 0 Å². The number of nitrogens with zero attached hydrogens (tertiary/aromatic N) is 3. The summed E-state index contributed by atoms with van der Waals surface area (Å²) in [5.41, 5.74) is 4.91. The van der Waals surface area contributed by atoms with E-state index in [4.69, 9.17) is 11.6 Å². The summed E-state index contributed by atoms with van der Waals surface area (Å²) in [6.07, 6.45) is 2.15. The molecule has 1 N–H and O–H groups in total. The monoisotopic (exact) mass is 330 g/mol. The van der Waals surface area contributed by atoms with Gasteiger partial charge in [-0.3, -0.25) is 0 Å². The van der Waals surface area contributed by atoms with E-state index in [0.29, 0.717) is 11.4 Å². The second-order valence-corrected chi connectivity index (χ2v) is 6.98. The van der Waals surface area contributed by atoms with Crippen LogP contribution in [0.2, 0.25) is 5.02 Å². The van der Waals surface area contributed by atoms with Crippen LogP contribution in [0.1, 0.15) is 30.7 Å². The molecule has 0 bridgehead atoms. The molecule has 1 aliphatic rings. The number of fused-ring (bicyclic) bond motifs is 3. The van der Waals surface area contributed by atoms with Crippen molar-refractivity contribution in [2.75, 3.05) is 11.9 Å². The van der Waals surface area contributed by atoms with Crippen LogP contribution in [0.15, 0.2) is 30.6 Å². The van der Waals surface area contributed by atoms with Crippen LogP contribution < -0.4 is 5.32 Å². The van der Waals surface area contributed by atoms with Crippen molar-refractivity contribution >= 4 is 22.9 Å². The highest BCUT2D eigenvalue weighted by atomic mass is 35.5. The van der Waals surface area contributed by atoms with Gasteiger partial charge in [-0.15, -0.1) is 0 Å². The zero-order chi connectivity index (χ0) is 16.2. The molecule has 0 unspecified atom stereocenters. The SMILES string of the molecule is CC1(C)CNc2cc(Cc3ccc(F)cc3Cl)c3ncnn3c21. The molecule has 2 aromatic heterocycles. The van der Waals surface area contributed by atoms with E-state index in [2.05, 4.69) is 35.3 Å². The summed E-state index contributed by atoms with van der Waals surface area (Å²) in [6.45, 7) is 5.23. The highest BCUT2D eigenvalue weighted by Crippen LogP contribution is 2.38. The van der Waals surface area contributed by atoms with Gasteiger partial charge in [0, 0.05) is 29.0 Å². The molecule has 0 saturated carbocycles. The van der Waals surface area contributed by atoms with Crippen molar-refractivity contribution in [1.82, 2.24) is 14.6 Å². The molecule has 0 aliphatic carbocycles. The predicted octanol–water partition coefficient (Wildman–Crippen LogP) is 3.82. The van der Waals surface area contributed by atoms with E-state index < -0.39 is 0 Å². The number of pyridine rings is 1. The summed E-state index contributed by atoms with van der Waals surface area (Å²) >= 11 is 6.17. The third-order valence-electron chi connectivity index (χ3n) is 4.38. The molecule has 0 atom stereocenters. The molecule has 0 spiro atoms. The molecule has 3 aromatic rings. The van der Waals surface area contributed by atoms with Crippen LogP contribution in [0.5, 0.6) is 0 Å². The average molecular weight is 331 g/mol. The lowest BCUT2D eigenvalue weighted by Crippen LogP contribution is -2.22. The Labute approximate surface area is 138 Å². The Kier molecular flexibility index (Phi) is 3.10. The molecular formula is C17H16ClFN4. The first-order chi connectivity index (χ1) is 11.0. The van der Waals surface area contributed by atoms with Gasteiger partial charge < -0.3 is 5.32 Å². The molecule has 0 amide bonds. The fourth-order valence-corrected chi connectivity index (χ4v) is 3.47. The topological polar surface area (TPSA) is 42.2 Å². The van der Waals surface area contributed by atoms with Crippen LogP contribution >= 0.6 is 11.6 Å². The standard InChI is InChI=1S/C17H16ClFN4/c1-17(2)8-20-14-6-11(16-21-9-22-23(16)15(14)17)5-10-3-4-12(19)7-13(10)18/h3-4,6-7,9,20H,5,8H2,1-2H3. The predicted molar refractivity (Wildman–Crippen MR) is 88.7 cm³/mol. The van der Waals surface area contributed by atoms with E-state index >= 15 is 0 Å². The zero-order valence-corrected chi connectivity index (χ0v) is 13.7. The molecule has 0 radical (unpaired) electrons. The normalized spacial score (nSPS) is 15.7. The number of halogens is 2. The average Bonchev–Trinajstić information content (AvgIpc) is 3.06. The molecule has 23 heavy (non-hydrogen) atoms. The van der Waals surface area contributed by atoms with E-state index in [9.17, 15) is 4.39 Å². The highest BCUT2D eigenvalue weighted by Gasteiger charge is 2.34. The van der Waals surface area contributed by atoms with E-state index in [1.807, 2.05) is 4.52 Å². The minimum absolute atomic E-state index is 0.00661. The van der Waals surface area contributed by atoms with E-state index in [0.717, 1.165) is 34.7 Å². The van der Waals surface area contributed by atoms with Gasteiger partial charge in [0.1, 0.15) is 12.1 Å². The van der Waals surface area contributed by atoms with Crippen molar-refractivity contribution in [3.05, 3.63) is 58.3 Å². The molecule has 0 saturated heterocycles. The molecule has 3 heterocycles. The lowest BCUT2D eigenvalue weighted by Gasteiger charge is -2.18. The number of rotatable bonds is 2. The maximum absolute atomic E-state index is 13.2. The quantitative estimate of drug-likeness (QED) is 0.776. The first kappa shape index (κ1) is 14.5. The summed E-state index contributed by atoms with van der Waals surface area (Å²) in [4.78, 5) is 4.41. The van der Waals surface area contributed by atoms with Crippen molar-refractivity contribution in [3.63, 3.8) is 0 Å². The van der Waals surface area contributed by atoms with E-state index in [-0.39, 0.29) is 11.2 Å². The lowest BCUT2D eigenvalue weighted by molar-refractivity contribution is 0.551. The van der Waals surface area contributed by atoms with Gasteiger partial charge in [0.05, 0.1) is 11.4 Å². The van der Waals surface area contributed by atoms with Gasteiger partial charge in [0.15, 0.2) is 5.65 Å². The second kappa shape index (κ2) is 4.93. The van der Waals surface area contributed by atoms with Crippen molar-refractivity contribution in [1.29, 1.82) is 0 Å². The smallest absolute Gasteiger partial charge is 0.159 e. The Hall–Kier alpha value is -2.14. The first-order valence-electron chi connectivity index (χ1n) is 7.49. The van der Waals surface area contributed by atoms with Gasteiger partial charge >= 0.3 is 0 Å². The van der Waals surface area contributed by atoms with Gasteiger partial charge in [-0.25, -0.2) is 13.9 Å². The molecule has 0 fully saturated rings.